The van der Waals surface area contributed by atoms with E-state index in [0.29, 0.717) is 12.2 Å². The Morgan fingerprint density at radius 2 is 2.16 bits per heavy atom. The molecule has 0 amide bonds. The standard InChI is InChI=1S/C15H18N2O2/c1-10-8-16-13(11(2)15(10)19-4)9-17-7-5-6-14(17)12(3)18/h5-8H,9H2,1-4H3. The maximum absolute atomic E-state index is 11.5. The molecule has 2 aromatic rings. The number of aromatic nitrogens is 2. The lowest BCUT2D eigenvalue weighted by molar-refractivity contribution is 0.100. The Balaban J connectivity index is 2.39. The third-order valence-corrected chi connectivity index (χ3v) is 3.26. The van der Waals surface area contributed by atoms with Gasteiger partial charge in [0.15, 0.2) is 5.78 Å². The lowest BCUT2D eigenvalue weighted by atomic mass is 10.1. The van der Waals surface area contributed by atoms with Gasteiger partial charge in [0.05, 0.1) is 25.0 Å². The molecule has 0 bridgehead atoms. The highest BCUT2D eigenvalue weighted by Gasteiger charge is 2.12. The first-order chi connectivity index (χ1) is 9.04. The van der Waals surface area contributed by atoms with Crippen LogP contribution in [0.15, 0.2) is 24.5 Å². The first-order valence-corrected chi connectivity index (χ1v) is 6.19. The van der Waals surface area contributed by atoms with Crippen molar-refractivity contribution in [1.29, 1.82) is 0 Å². The summed E-state index contributed by atoms with van der Waals surface area (Å²) >= 11 is 0. The summed E-state index contributed by atoms with van der Waals surface area (Å²) in [7, 11) is 1.66. The van der Waals surface area contributed by atoms with Gasteiger partial charge in [-0.1, -0.05) is 0 Å². The molecule has 0 saturated heterocycles. The molecule has 0 aliphatic rings. The van der Waals surface area contributed by atoms with Crippen molar-refractivity contribution in [3.63, 3.8) is 0 Å². The molecule has 19 heavy (non-hydrogen) atoms. The van der Waals surface area contributed by atoms with Gasteiger partial charge in [0.1, 0.15) is 5.75 Å². The number of hydrogen-bond donors (Lipinski definition) is 0. The van der Waals surface area contributed by atoms with E-state index in [0.717, 1.165) is 22.6 Å². The topological polar surface area (TPSA) is 44.1 Å². The van der Waals surface area contributed by atoms with E-state index in [-0.39, 0.29) is 5.78 Å². The molecule has 4 heteroatoms. The van der Waals surface area contributed by atoms with Gasteiger partial charge >= 0.3 is 0 Å². The molecule has 0 spiro atoms. The molecule has 2 rings (SSSR count). The zero-order valence-electron chi connectivity index (χ0n) is 11.7. The number of Topliss-reactive ketones (excluding diaryl/α,β-unsaturated/α-hetero) is 1. The van der Waals surface area contributed by atoms with E-state index < -0.39 is 0 Å². The molecule has 0 unspecified atom stereocenters. The predicted octanol–water partition coefficient (Wildman–Crippen LogP) is 2.76. The highest BCUT2D eigenvalue weighted by molar-refractivity contribution is 5.92. The summed E-state index contributed by atoms with van der Waals surface area (Å²) in [4.78, 5) is 16.0. The van der Waals surface area contributed by atoms with Gasteiger partial charge in [0.25, 0.3) is 0 Å². The average Bonchev–Trinajstić information content (AvgIpc) is 2.82. The van der Waals surface area contributed by atoms with Crippen LogP contribution >= 0.6 is 0 Å². The van der Waals surface area contributed by atoms with E-state index >= 15 is 0 Å². The molecule has 2 aromatic heterocycles. The Kier molecular flexibility index (Phi) is 3.69. The normalized spacial score (nSPS) is 10.5. The first kappa shape index (κ1) is 13.3. The van der Waals surface area contributed by atoms with Gasteiger partial charge < -0.3 is 9.30 Å². The zero-order chi connectivity index (χ0) is 14.0. The van der Waals surface area contributed by atoms with Crippen LogP contribution in [0, 0.1) is 13.8 Å². The Morgan fingerprint density at radius 1 is 1.42 bits per heavy atom. The molecule has 2 heterocycles. The van der Waals surface area contributed by atoms with Crippen molar-refractivity contribution in [1.82, 2.24) is 9.55 Å². The highest BCUT2D eigenvalue weighted by atomic mass is 16.5. The van der Waals surface area contributed by atoms with Crippen molar-refractivity contribution in [2.75, 3.05) is 7.11 Å². The minimum Gasteiger partial charge on any atom is -0.496 e. The van der Waals surface area contributed by atoms with Crippen molar-refractivity contribution in [2.45, 2.75) is 27.3 Å². The van der Waals surface area contributed by atoms with Crippen LogP contribution in [0.25, 0.3) is 0 Å². The molecule has 100 valence electrons. The lowest BCUT2D eigenvalue weighted by Gasteiger charge is -2.13. The highest BCUT2D eigenvalue weighted by Crippen LogP contribution is 2.24. The van der Waals surface area contributed by atoms with Gasteiger partial charge in [-0.2, -0.15) is 0 Å². The fourth-order valence-corrected chi connectivity index (χ4v) is 2.26. The fraction of sp³-hybridized carbons (Fsp3) is 0.333. The number of carbonyl (C=O) groups is 1. The maximum Gasteiger partial charge on any atom is 0.176 e. The monoisotopic (exact) mass is 258 g/mol. The second-order valence-corrected chi connectivity index (χ2v) is 4.62. The third-order valence-electron chi connectivity index (χ3n) is 3.26. The number of carbonyl (C=O) groups excluding carboxylic acids is 1. The molecule has 0 aliphatic heterocycles. The molecule has 0 N–H and O–H groups in total. The van der Waals surface area contributed by atoms with Gasteiger partial charge in [-0.3, -0.25) is 9.78 Å². The summed E-state index contributed by atoms with van der Waals surface area (Å²) in [5, 5.41) is 0. The largest absolute Gasteiger partial charge is 0.496 e. The summed E-state index contributed by atoms with van der Waals surface area (Å²) in [6, 6.07) is 3.70. The van der Waals surface area contributed by atoms with Crippen LogP contribution in [0.1, 0.15) is 34.2 Å². The second-order valence-electron chi connectivity index (χ2n) is 4.62. The van der Waals surface area contributed by atoms with E-state index in [2.05, 4.69) is 4.98 Å². The Labute approximate surface area is 113 Å². The maximum atomic E-state index is 11.5. The smallest absolute Gasteiger partial charge is 0.176 e. The Bertz CT molecular complexity index is 615. The van der Waals surface area contributed by atoms with Crippen molar-refractivity contribution in [3.05, 3.63) is 47.0 Å². The van der Waals surface area contributed by atoms with E-state index in [4.69, 9.17) is 4.74 Å². The van der Waals surface area contributed by atoms with Gasteiger partial charge in [-0.15, -0.1) is 0 Å². The van der Waals surface area contributed by atoms with Gasteiger partial charge in [-0.05, 0) is 26.0 Å². The van der Waals surface area contributed by atoms with E-state index in [1.807, 2.05) is 36.7 Å². The van der Waals surface area contributed by atoms with E-state index in [1.165, 1.54) is 0 Å². The lowest BCUT2D eigenvalue weighted by Crippen LogP contribution is -2.10. The number of ether oxygens (including phenoxy) is 1. The van der Waals surface area contributed by atoms with Crippen LogP contribution < -0.4 is 4.74 Å². The molecule has 0 saturated carbocycles. The van der Waals surface area contributed by atoms with Crippen molar-refractivity contribution in [3.8, 4) is 5.75 Å². The number of hydrogen-bond acceptors (Lipinski definition) is 3. The summed E-state index contributed by atoms with van der Waals surface area (Å²) in [5.41, 5.74) is 3.65. The molecular weight excluding hydrogens is 240 g/mol. The summed E-state index contributed by atoms with van der Waals surface area (Å²) in [6.07, 6.45) is 3.70. The van der Waals surface area contributed by atoms with Crippen LogP contribution in [0.2, 0.25) is 0 Å². The molecular formula is C15H18N2O2. The van der Waals surface area contributed by atoms with Crippen molar-refractivity contribution in [2.24, 2.45) is 0 Å². The SMILES string of the molecule is COc1c(C)cnc(Cn2cccc2C(C)=O)c1C. The molecule has 0 radical (unpaired) electrons. The van der Waals surface area contributed by atoms with E-state index in [1.54, 1.807) is 20.2 Å². The molecule has 0 atom stereocenters. The van der Waals surface area contributed by atoms with Crippen LogP contribution in [-0.4, -0.2) is 22.4 Å². The molecule has 0 fully saturated rings. The Morgan fingerprint density at radius 3 is 2.79 bits per heavy atom. The van der Waals surface area contributed by atoms with Gasteiger partial charge in [-0.25, -0.2) is 0 Å². The number of pyridine rings is 1. The molecule has 0 aromatic carbocycles. The zero-order valence-corrected chi connectivity index (χ0v) is 11.7. The molecule has 4 nitrogen and oxygen atoms in total. The van der Waals surface area contributed by atoms with Gasteiger partial charge in [0.2, 0.25) is 0 Å². The fourth-order valence-electron chi connectivity index (χ4n) is 2.26. The van der Waals surface area contributed by atoms with Crippen LogP contribution in [-0.2, 0) is 6.54 Å². The third kappa shape index (κ3) is 2.52. The summed E-state index contributed by atoms with van der Waals surface area (Å²) in [5.74, 6) is 0.920. The van der Waals surface area contributed by atoms with Crippen molar-refractivity contribution < 1.29 is 9.53 Å². The number of ketones is 1. The van der Waals surface area contributed by atoms with Gasteiger partial charge in [0, 0.05) is 30.4 Å². The summed E-state index contributed by atoms with van der Waals surface area (Å²) < 4.78 is 7.31. The van der Waals surface area contributed by atoms with Crippen molar-refractivity contribution >= 4 is 5.78 Å². The van der Waals surface area contributed by atoms with Crippen LogP contribution in [0.5, 0.6) is 5.75 Å². The number of aryl methyl sites for hydroxylation is 1. The first-order valence-electron chi connectivity index (χ1n) is 6.19. The quantitative estimate of drug-likeness (QED) is 0.792. The van der Waals surface area contributed by atoms with E-state index in [9.17, 15) is 4.79 Å². The second kappa shape index (κ2) is 5.26. The number of methoxy groups -OCH3 is 1. The minimum absolute atomic E-state index is 0.0572. The number of nitrogens with zero attached hydrogens (tertiary/aromatic N) is 2. The van der Waals surface area contributed by atoms with Crippen LogP contribution in [0.3, 0.4) is 0 Å². The minimum atomic E-state index is 0.0572. The summed E-state index contributed by atoms with van der Waals surface area (Å²) in [6.45, 7) is 6.11. The predicted molar refractivity (Wildman–Crippen MR) is 73.8 cm³/mol. The van der Waals surface area contributed by atoms with Crippen LogP contribution in [0.4, 0.5) is 0 Å². The Hall–Kier alpha value is -2.10. The number of rotatable bonds is 4. The average molecular weight is 258 g/mol. The molecule has 0 aliphatic carbocycles.